The fourth-order valence-electron chi connectivity index (χ4n) is 6.55. The van der Waals surface area contributed by atoms with Gasteiger partial charge < -0.3 is 0 Å². The van der Waals surface area contributed by atoms with Gasteiger partial charge in [0.2, 0.25) is 0 Å². The van der Waals surface area contributed by atoms with Crippen LogP contribution in [0.15, 0.2) is 182 Å². The van der Waals surface area contributed by atoms with Gasteiger partial charge in [0.25, 0.3) is 0 Å². The van der Waals surface area contributed by atoms with Gasteiger partial charge in [-0.15, -0.1) is 0 Å². The molecule has 0 amide bonds. The first kappa shape index (κ1) is 29.4. The SMILES string of the molecule is c1ccc(-c2nc(-c3ccccc3)nc(-c3ccc(-c4ccc5ccc(-c6ccc(-c7ccnc8ccccc78)cc6)cc5c4)cc3)n2)cc1. The molecule has 9 rings (SSSR count). The van der Waals surface area contributed by atoms with Gasteiger partial charge in [-0.25, -0.2) is 15.0 Å². The van der Waals surface area contributed by atoms with Crippen LogP contribution in [0, 0.1) is 0 Å². The topological polar surface area (TPSA) is 51.6 Å². The lowest BCUT2D eigenvalue weighted by molar-refractivity contribution is 1.07. The van der Waals surface area contributed by atoms with Gasteiger partial charge in [0.05, 0.1) is 5.52 Å². The summed E-state index contributed by atoms with van der Waals surface area (Å²) in [5.41, 5.74) is 10.9. The average molecular weight is 639 g/mol. The molecule has 0 aliphatic rings. The van der Waals surface area contributed by atoms with Crippen molar-refractivity contribution in [1.29, 1.82) is 0 Å². The van der Waals surface area contributed by atoms with Crippen molar-refractivity contribution < 1.29 is 0 Å². The highest BCUT2D eigenvalue weighted by molar-refractivity contribution is 5.95. The third-order valence-electron chi connectivity index (χ3n) is 9.19. The Morgan fingerprint density at radius 2 is 0.740 bits per heavy atom. The van der Waals surface area contributed by atoms with Crippen LogP contribution in [0.25, 0.3) is 89.2 Å². The van der Waals surface area contributed by atoms with E-state index in [0.29, 0.717) is 17.5 Å². The molecule has 7 aromatic carbocycles. The van der Waals surface area contributed by atoms with Crippen LogP contribution in [-0.4, -0.2) is 19.9 Å². The first-order valence-electron chi connectivity index (χ1n) is 16.7. The summed E-state index contributed by atoms with van der Waals surface area (Å²) in [5.74, 6) is 1.96. The van der Waals surface area contributed by atoms with E-state index in [0.717, 1.165) is 38.7 Å². The van der Waals surface area contributed by atoms with Crippen LogP contribution in [0.1, 0.15) is 0 Å². The quantitative estimate of drug-likeness (QED) is 0.182. The van der Waals surface area contributed by atoms with Crippen LogP contribution in [0.4, 0.5) is 0 Å². The second-order valence-corrected chi connectivity index (χ2v) is 12.3. The zero-order chi connectivity index (χ0) is 33.3. The van der Waals surface area contributed by atoms with Crippen molar-refractivity contribution in [2.45, 2.75) is 0 Å². The summed E-state index contributed by atoms with van der Waals surface area (Å²) >= 11 is 0. The van der Waals surface area contributed by atoms with E-state index < -0.39 is 0 Å². The summed E-state index contributed by atoms with van der Waals surface area (Å²) < 4.78 is 0. The molecule has 9 aromatic rings. The average Bonchev–Trinajstić information content (AvgIpc) is 3.21. The molecule has 2 aromatic heterocycles. The largest absolute Gasteiger partial charge is 0.256 e. The number of fused-ring (bicyclic) bond motifs is 2. The van der Waals surface area contributed by atoms with E-state index in [4.69, 9.17) is 15.0 Å². The van der Waals surface area contributed by atoms with Crippen molar-refractivity contribution in [3.8, 4) is 67.5 Å². The first-order chi connectivity index (χ1) is 24.7. The summed E-state index contributed by atoms with van der Waals surface area (Å²) in [5, 5.41) is 3.57. The Morgan fingerprint density at radius 3 is 1.30 bits per heavy atom. The van der Waals surface area contributed by atoms with E-state index in [-0.39, 0.29) is 0 Å². The predicted octanol–water partition coefficient (Wildman–Crippen LogP) is 11.6. The Balaban J connectivity index is 1.02. The smallest absolute Gasteiger partial charge is 0.164 e. The molecule has 0 saturated carbocycles. The van der Waals surface area contributed by atoms with E-state index >= 15 is 0 Å². The highest BCUT2D eigenvalue weighted by Crippen LogP contribution is 2.33. The lowest BCUT2D eigenvalue weighted by Crippen LogP contribution is -2.00. The Kier molecular flexibility index (Phi) is 7.45. The second-order valence-electron chi connectivity index (χ2n) is 12.3. The van der Waals surface area contributed by atoms with Crippen molar-refractivity contribution in [3.05, 3.63) is 182 Å². The molecule has 0 fully saturated rings. The molecule has 0 N–H and O–H groups in total. The molecule has 0 bridgehead atoms. The van der Waals surface area contributed by atoms with Crippen molar-refractivity contribution in [2.75, 3.05) is 0 Å². The molecule has 0 radical (unpaired) electrons. The molecule has 0 aliphatic carbocycles. The summed E-state index contributed by atoms with van der Waals surface area (Å²) in [6.45, 7) is 0. The summed E-state index contributed by atoms with van der Waals surface area (Å²) in [7, 11) is 0. The predicted molar refractivity (Wildman–Crippen MR) is 205 cm³/mol. The molecule has 2 heterocycles. The second kappa shape index (κ2) is 12.7. The number of rotatable bonds is 6. The van der Waals surface area contributed by atoms with Crippen LogP contribution in [-0.2, 0) is 0 Å². The third kappa shape index (κ3) is 5.69. The maximum atomic E-state index is 4.89. The Bertz CT molecular complexity index is 2550. The third-order valence-corrected chi connectivity index (χ3v) is 9.19. The van der Waals surface area contributed by atoms with Gasteiger partial charge in [0.1, 0.15) is 0 Å². The van der Waals surface area contributed by atoms with Gasteiger partial charge in [0, 0.05) is 28.3 Å². The molecule has 0 unspecified atom stereocenters. The number of nitrogens with zero attached hydrogens (tertiary/aromatic N) is 4. The minimum atomic E-state index is 0.649. The zero-order valence-electron chi connectivity index (χ0n) is 27.1. The van der Waals surface area contributed by atoms with Crippen LogP contribution in [0.3, 0.4) is 0 Å². The molecule has 4 nitrogen and oxygen atoms in total. The summed E-state index contributed by atoms with van der Waals surface area (Å²) in [6.07, 6.45) is 1.89. The summed E-state index contributed by atoms with van der Waals surface area (Å²) in [6, 6.07) is 61.2. The van der Waals surface area contributed by atoms with Crippen LogP contribution in [0.2, 0.25) is 0 Å². The van der Waals surface area contributed by atoms with E-state index in [1.165, 1.54) is 33.0 Å². The first-order valence-corrected chi connectivity index (χ1v) is 16.7. The van der Waals surface area contributed by atoms with Crippen LogP contribution >= 0.6 is 0 Å². The number of hydrogen-bond donors (Lipinski definition) is 0. The van der Waals surface area contributed by atoms with Gasteiger partial charge in [-0.05, 0) is 68.4 Å². The Labute approximate surface area is 290 Å². The fourth-order valence-corrected chi connectivity index (χ4v) is 6.55. The molecule has 234 valence electrons. The highest BCUT2D eigenvalue weighted by atomic mass is 15.0. The Hall–Kier alpha value is -6.78. The number of para-hydroxylation sites is 1. The molecule has 0 atom stereocenters. The highest BCUT2D eigenvalue weighted by Gasteiger charge is 2.13. The molecule has 0 spiro atoms. The molecular weight excluding hydrogens is 609 g/mol. The number of pyridine rings is 1. The number of aromatic nitrogens is 4. The van der Waals surface area contributed by atoms with E-state index in [2.05, 4.69) is 114 Å². The van der Waals surface area contributed by atoms with E-state index in [9.17, 15) is 0 Å². The molecule has 0 aliphatic heterocycles. The fraction of sp³-hybridized carbons (Fsp3) is 0. The Morgan fingerprint density at radius 1 is 0.300 bits per heavy atom. The number of benzene rings is 7. The minimum Gasteiger partial charge on any atom is -0.256 e. The lowest BCUT2D eigenvalue weighted by Gasteiger charge is -2.10. The standard InChI is InChI=1S/C46H30N4/c1-3-9-35(10-4-1)44-48-45(36-11-5-2-6-12-36)50-46(49-44)37-23-17-32(18-24-37)39-26-20-33-19-25-38(29-40(33)30-39)31-15-21-34(22-16-31)41-27-28-47-43-14-8-7-13-42(41)43/h1-30H. The minimum absolute atomic E-state index is 0.649. The van der Waals surface area contributed by atoms with E-state index in [1.54, 1.807) is 0 Å². The molecule has 4 heteroatoms. The van der Waals surface area contributed by atoms with Crippen molar-refractivity contribution in [1.82, 2.24) is 19.9 Å². The van der Waals surface area contributed by atoms with Gasteiger partial charge in [-0.1, -0.05) is 152 Å². The van der Waals surface area contributed by atoms with E-state index in [1.807, 2.05) is 72.9 Å². The number of hydrogen-bond acceptors (Lipinski definition) is 4. The van der Waals surface area contributed by atoms with Gasteiger partial charge in [-0.2, -0.15) is 0 Å². The lowest BCUT2D eigenvalue weighted by atomic mass is 9.95. The normalized spacial score (nSPS) is 11.2. The van der Waals surface area contributed by atoms with Crippen molar-refractivity contribution in [2.24, 2.45) is 0 Å². The summed E-state index contributed by atoms with van der Waals surface area (Å²) in [4.78, 5) is 19.1. The van der Waals surface area contributed by atoms with Gasteiger partial charge in [-0.3, -0.25) is 4.98 Å². The zero-order valence-corrected chi connectivity index (χ0v) is 27.1. The van der Waals surface area contributed by atoms with Gasteiger partial charge >= 0.3 is 0 Å². The molecule has 50 heavy (non-hydrogen) atoms. The van der Waals surface area contributed by atoms with Crippen molar-refractivity contribution in [3.63, 3.8) is 0 Å². The maximum absolute atomic E-state index is 4.89. The maximum Gasteiger partial charge on any atom is 0.164 e. The van der Waals surface area contributed by atoms with Crippen molar-refractivity contribution >= 4 is 21.7 Å². The van der Waals surface area contributed by atoms with Crippen LogP contribution < -0.4 is 0 Å². The molecule has 0 saturated heterocycles. The molecular formula is C46H30N4. The monoisotopic (exact) mass is 638 g/mol. The van der Waals surface area contributed by atoms with Gasteiger partial charge in [0.15, 0.2) is 17.5 Å². The van der Waals surface area contributed by atoms with Crippen LogP contribution in [0.5, 0.6) is 0 Å².